The first kappa shape index (κ1) is 10.6. The van der Waals surface area contributed by atoms with Crippen molar-refractivity contribution in [3.8, 4) is 0 Å². The van der Waals surface area contributed by atoms with Gasteiger partial charge in [0.2, 0.25) is 0 Å². The molecule has 0 saturated heterocycles. The minimum absolute atomic E-state index is 0.0850. The smallest absolute Gasteiger partial charge is 0.327 e. The van der Waals surface area contributed by atoms with Crippen LogP contribution in [0.2, 0.25) is 0 Å². The van der Waals surface area contributed by atoms with Gasteiger partial charge in [-0.05, 0) is 6.07 Å². The summed E-state index contributed by atoms with van der Waals surface area (Å²) in [6.07, 6.45) is 0. The molecule has 5 heteroatoms. The van der Waals surface area contributed by atoms with E-state index in [0.29, 0.717) is 6.07 Å². The van der Waals surface area contributed by atoms with Gasteiger partial charge >= 0.3 is 5.97 Å². The molecule has 0 amide bonds. The number of benzene rings is 1. The van der Waals surface area contributed by atoms with E-state index in [1.165, 1.54) is 0 Å². The number of ether oxygens (including phenoxy) is 1. The highest BCUT2D eigenvalue weighted by Gasteiger charge is 2.19. The quantitative estimate of drug-likeness (QED) is 0.730. The summed E-state index contributed by atoms with van der Waals surface area (Å²) in [5.41, 5.74) is 5.28. The Morgan fingerprint density at radius 2 is 2.14 bits per heavy atom. The van der Waals surface area contributed by atoms with Crippen LogP contribution in [0.1, 0.15) is 11.6 Å². The van der Waals surface area contributed by atoms with Crippen LogP contribution in [0.4, 0.5) is 8.78 Å². The van der Waals surface area contributed by atoms with E-state index in [-0.39, 0.29) is 5.56 Å². The highest BCUT2D eigenvalue weighted by molar-refractivity contribution is 5.77. The highest BCUT2D eigenvalue weighted by Crippen LogP contribution is 2.16. The second-order valence-corrected chi connectivity index (χ2v) is 2.67. The van der Waals surface area contributed by atoms with E-state index in [9.17, 15) is 13.6 Å². The Kier molecular flexibility index (Phi) is 3.14. The fraction of sp³-hybridized carbons (Fsp3) is 0.222. The summed E-state index contributed by atoms with van der Waals surface area (Å²) in [6.45, 7) is 0. The number of nitrogens with two attached hydrogens (primary N) is 1. The van der Waals surface area contributed by atoms with Gasteiger partial charge in [0.15, 0.2) is 0 Å². The normalized spacial score (nSPS) is 12.3. The van der Waals surface area contributed by atoms with Crippen LogP contribution in [0.3, 0.4) is 0 Å². The number of methoxy groups -OCH3 is 1. The van der Waals surface area contributed by atoms with Crippen LogP contribution in [0.15, 0.2) is 18.2 Å². The maximum absolute atomic E-state index is 13.1. The number of halogens is 2. The topological polar surface area (TPSA) is 52.3 Å². The molecule has 0 unspecified atom stereocenters. The molecule has 0 aliphatic heterocycles. The molecule has 1 aromatic rings. The minimum atomic E-state index is -1.22. The van der Waals surface area contributed by atoms with Gasteiger partial charge < -0.3 is 10.5 Å². The van der Waals surface area contributed by atoms with Crippen molar-refractivity contribution in [3.63, 3.8) is 0 Å². The van der Waals surface area contributed by atoms with Gasteiger partial charge in [0.05, 0.1) is 7.11 Å². The van der Waals surface area contributed by atoms with E-state index < -0.39 is 23.6 Å². The molecule has 76 valence electrons. The summed E-state index contributed by atoms with van der Waals surface area (Å²) in [4.78, 5) is 10.9. The van der Waals surface area contributed by atoms with Gasteiger partial charge in [-0.1, -0.05) is 6.07 Å². The molecule has 0 aliphatic rings. The Hall–Kier alpha value is -1.49. The molecule has 0 saturated carbocycles. The molecule has 1 aromatic carbocycles. The van der Waals surface area contributed by atoms with Gasteiger partial charge in [0, 0.05) is 11.6 Å². The minimum Gasteiger partial charge on any atom is -0.468 e. The molecule has 0 radical (unpaired) electrons. The third kappa shape index (κ3) is 2.05. The van der Waals surface area contributed by atoms with E-state index in [1.54, 1.807) is 0 Å². The second-order valence-electron chi connectivity index (χ2n) is 2.67. The van der Waals surface area contributed by atoms with Gasteiger partial charge in [0.25, 0.3) is 0 Å². The predicted molar refractivity (Wildman–Crippen MR) is 45.3 cm³/mol. The van der Waals surface area contributed by atoms with Crippen LogP contribution in [0.5, 0.6) is 0 Å². The number of rotatable bonds is 2. The first-order chi connectivity index (χ1) is 6.56. The zero-order valence-electron chi connectivity index (χ0n) is 7.46. The number of carbonyl (C=O) groups excluding carboxylic acids is 1. The first-order valence-electron chi connectivity index (χ1n) is 3.84. The molecule has 14 heavy (non-hydrogen) atoms. The lowest BCUT2D eigenvalue weighted by Gasteiger charge is -2.09. The van der Waals surface area contributed by atoms with Crippen LogP contribution in [-0.2, 0) is 9.53 Å². The fourth-order valence-electron chi connectivity index (χ4n) is 1.01. The van der Waals surface area contributed by atoms with E-state index in [2.05, 4.69) is 4.74 Å². The van der Waals surface area contributed by atoms with Crippen molar-refractivity contribution < 1.29 is 18.3 Å². The molecule has 0 heterocycles. The first-order valence-corrected chi connectivity index (χ1v) is 3.84. The average Bonchev–Trinajstić information content (AvgIpc) is 2.15. The summed E-state index contributed by atoms with van der Waals surface area (Å²) >= 11 is 0. The summed E-state index contributed by atoms with van der Waals surface area (Å²) in [6, 6.07) is 1.59. The summed E-state index contributed by atoms with van der Waals surface area (Å²) in [5, 5.41) is 0. The van der Waals surface area contributed by atoms with E-state index >= 15 is 0 Å². The molecule has 1 atom stereocenters. The Balaban J connectivity index is 3.01. The second kappa shape index (κ2) is 4.15. The molecule has 0 fully saturated rings. The van der Waals surface area contributed by atoms with Crippen LogP contribution in [0, 0.1) is 11.6 Å². The van der Waals surface area contributed by atoms with E-state index in [4.69, 9.17) is 5.73 Å². The lowest BCUT2D eigenvalue weighted by atomic mass is 10.1. The molecule has 0 aliphatic carbocycles. The molecule has 3 nitrogen and oxygen atoms in total. The van der Waals surface area contributed by atoms with Gasteiger partial charge in [-0.2, -0.15) is 0 Å². The van der Waals surface area contributed by atoms with Gasteiger partial charge in [0.1, 0.15) is 17.7 Å². The molecule has 0 spiro atoms. The van der Waals surface area contributed by atoms with E-state index in [1.807, 2.05) is 0 Å². The summed E-state index contributed by atoms with van der Waals surface area (Å²) < 4.78 is 29.9. The van der Waals surface area contributed by atoms with Crippen molar-refractivity contribution in [1.82, 2.24) is 0 Å². The Morgan fingerprint density at radius 3 is 2.64 bits per heavy atom. The largest absolute Gasteiger partial charge is 0.468 e. The molecule has 0 bridgehead atoms. The molecular formula is C9H9F2NO2. The molecule has 2 N–H and O–H groups in total. The lowest BCUT2D eigenvalue weighted by Crippen LogP contribution is -2.23. The highest BCUT2D eigenvalue weighted by atomic mass is 19.1. The van der Waals surface area contributed by atoms with Crippen LogP contribution in [0.25, 0.3) is 0 Å². The Bertz CT molecular complexity index is 355. The van der Waals surface area contributed by atoms with Gasteiger partial charge in [-0.3, -0.25) is 4.79 Å². The third-order valence-corrected chi connectivity index (χ3v) is 1.75. The van der Waals surface area contributed by atoms with E-state index in [0.717, 1.165) is 19.2 Å². The molecular weight excluding hydrogens is 192 g/mol. The fourth-order valence-corrected chi connectivity index (χ4v) is 1.01. The summed E-state index contributed by atoms with van der Waals surface area (Å²) in [5.74, 6) is -2.35. The van der Waals surface area contributed by atoms with Crippen LogP contribution >= 0.6 is 0 Å². The van der Waals surface area contributed by atoms with Crippen molar-refractivity contribution in [2.75, 3.05) is 7.11 Å². The van der Waals surface area contributed by atoms with Crippen molar-refractivity contribution in [2.45, 2.75) is 6.04 Å². The average molecular weight is 201 g/mol. The molecule has 1 rings (SSSR count). The van der Waals surface area contributed by atoms with Crippen LogP contribution in [-0.4, -0.2) is 13.1 Å². The number of carbonyl (C=O) groups is 1. The summed E-state index contributed by atoms with van der Waals surface area (Å²) in [7, 11) is 1.14. The predicted octanol–water partition coefficient (Wildman–Crippen LogP) is 1.14. The van der Waals surface area contributed by atoms with Crippen LogP contribution < -0.4 is 5.73 Å². The number of esters is 1. The number of hydrogen-bond donors (Lipinski definition) is 1. The Labute approximate surface area is 79.5 Å². The monoisotopic (exact) mass is 201 g/mol. The van der Waals surface area contributed by atoms with Crippen molar-refractivity contribution in [1.29, 1.82) is 0 Å². The third-order valence-electron chi connectivity index (χ3n) is 1.75. The SMILES string of the molecule is COC(=O)[C@@H](N)c1ccc(F)cc1F. The Morgan fingerprint density at radius 1 is 1.50 bits per heavy atom. The molecule has 0 aromatic heterocycles. The number of hydrogen-bond acceptors (Lipinski definition) is 3. The van der Waals surface area contributed by atoms with Crippen molar-refractivity contribution >= 4 is 5.97 Å². The zero-order valence-corrected chi connectivity index (χ0v) is 7.46. The maximum atomic E-state index is 13.1. The zero-order chi connectivity index (χ0) is 10.7. The standard InChI is InChI=1S/C9H9F2NO2/c1-14-9(13)8(12)6-3-2-5(10)4-7(6)11/h2-4,8H,12H2,1H3/t8-/m0/s1. The van der Waals surface area contributed by atoms with Crippen molar-refractivity contribution in [2.24, 2.45) is 5.73 Å². The van der Waals surface area contributed by atoms with Crippen molar-refractivity contribution in [3.05, 3.63) is 35.4 Å². The van der Waals surface area contributed by atoms with Gasteiger partial charge in [-0.15, -0.1) is 0 Å². The maximum Gasteiger partial charge on any atom is 0.327 e. The lowest BCUT2D eigenvalue weighted by molar-refractivity contribution is -0.142. The van der Waals surface area contributed by atoms with Gasteiger partial charge in [-0.25, -0.2) is 8.78 Å².